The van der Waals surface area contributed by atoms with Crippen LogP contribution in [0.1, 0.15) is 45.2 Å². The van der Waals surface area contributed by atoms with Gasteiger partial charge in [0.15, 0.2) is 5.03 Å². The van der Waals surface area contributed by atoms with Crippen molar-refractivity contribution < 1.29 is 17.6 Å². The number of carbonyl (C=O) groups is 1. The molecule has 2 amide bonds. The first-order valence-corrected chi connectivity index (χ1v) is 11.0. The van der Waals surface area contributed by atoms with Gasteiger partial charge in [0.05, 0.1) is 5.69 Å². The molecule has 0 fully saturated rings. The number of aromatic nitrogens is 4. The monoisotopic (exact) mass is 446 g/mol. The van der Waals surface area contributed by atoms with Crippen LogP contribution in [0.15, 0.2) is 48.1 Å². The molecule has 0 aliphatic carbocycles. The van der Waals surface area contributed by atoms with Gasteiger partial charge < -0.3 is 5.32 Å². The highest BCUT2D eigenvalue weighted by Gasteiger charge is 2.23. The van der Waals surface area contributed by atoms with Crippen LogP contribution in [0, 0.1) is 5.82 Å². The summed E-state index contributed by atoms with van der Waals surface area (Å²) < 4.78 is 42.8. The van der Waals surface area contributed by atoms with Crippen LogP contribution >= 0.6 is 0 Å². The number of nitrogens with zero attached hydrogens (tertiary/aromatic N) is 4. The van der Waals surface area contributed by atoms with Gasteiger partial charge in [0.1, 0.15) is 12.1 Å². The van der Waals surface area contributed by atoms with Gasteiger partial charge in [0, 0.05) is 35.8 Å². The molecular weight excluding hydrogens is 423 g/mol. The average Bonchev–Trinajstić information content (AvgIpc) is 3.21. The molecule has 0 saturated carbocycles. The Balaban J connectivity index is 1.95. The van der Waals surface area contributed by atoms with Gasteiger partial charge in [0.25, 0.3) is 10.0 Å². The Morgan fingerprint density at radius 2 is 1.81 bits per heavy atom. The Hall–Kier alpha value is -3.34. The molecular formula is C20H23FN6O3S. The fourth-order valence-corrected chi connectivity index (χ4v) is 3.79. The maximum absolute atomic E-state index is 14.3. The average molecular weight is 447 g/mol. The van der Waals surface area contributed by atoms with E-state index in [1.807, 2.05) is 32.4 Å². The molecule has 3 aromatic rings. The smallest absolute Gasteiger partial charge is 0.306 e. The van der Waals surface area contributed by atoms with Crippen LogP contribution in [0.4, 0.5) is 14.9 Å². The van der Waals surface area contributed by atoms with E-state index in [1.54, 1.807) is 0 Å². The molecule has 3 rings (SSSR count). The van der Waals surface area contributed by atoms with Crippen molar-refractivity contribution in [2.75, 3.05) is 5.32 Å². The maximum Gasteiger partial charge on any atom is 0.333 e. The molecule has 0 radical (unpaired) electrons. The highest BCUT2D eigenvalue weighted by Crippen LogP contribution is 2.35. The summed E-state index contributed by atoms with van der Waals surface area (Å²) in [5.41, 5.74) is 1.57. The number of halogens is 1. The van der Waals surface area contributed by atoms with E-state index in [1.165, 1.54) is 47.8 Å². The zero-order valence-corrected chi connectivity index (χ0v) is 18.3. The van der Waals surface area contributed by atoms with Gasteiger partial charge in [-0.1, -0.05) is 13.8 Å². The standard InChI is InChI=1S/C20H23FN6O3S/c1-12(2)16-7-15(21)8-17(14-9-22-11-23-10-14)19(16)24-20(28)26-31(29,30)18-5-6-27(25-18)13(3)4/h5-13H,1-4H3,(H2,24,26,28). The lowest BCUT2D eigenvalue weighted by atomic mass is 9.95. The van der Waals surface area contributed by atoms with E-state index >= 15 is 0 Å². The van der Waals surface area contributed by atoms with E-state index in [4.69, 9.17) is 0 Å². The number of hydrogen-bond donors (Lipinski definition) is 2. The molecule has 0 aliphatic rings. The topological polar surface area (TPSA) is 119 Å². The van der Waals surface area contributed by atoms with Crippen molar-refractivity contribution >= 4 is 21.7 Å². The third kappa shape index (κ3) is 5.05. The Bertz CT molecular complexity index is 1190. The van der Waals surface area contributed by atoms with Crippen molar-refractivity contribution in [3.05, 3.63) is 54.5 Å². The quantitative estimate of drug-likeness (QED) is 0.596. The molecule has 0 aliphatic heterocycles. The Morgan fingerprint density at radius 1 is 1.13 bits per heavy atom. The normalized spacial score (nSPS) is 11.7. The van der Waals surface area contributed by atoms with E-state index in [0.717, 1.165) is 0 Å². The lowest BCUT2D eigenvalue weighted by Gasteiger charge is -2.18. The Labute approximate surface area is 179 Å². The minimum atomic E-state index is -4.20. The maximum atomic E-state index is 14.3. The van der Waals surface area contributed by atoms with Crippen molar-refractivity contribution in [3.8, 4) is 11.1 Å². The molecule has 9 nitrogen and oxygen atoms in total. The number of sulfonamides is 1. The minimum Gasteiger partial charge on any atom is -0.306 e. The molecule has 2 aromatic heterocycles. The fraction of sp³-hybridized carbons (Fsp3) is 0.300. The first kappa shape index (κ1) is 22.3. The summed E-state index contributed by atoms with van der Waals surface area (Å²) in [7, 11) is -4.20. The number of hydrogen-bond acceptors (Lipinski definition) is 6. The van der Waals surface area contributed by atoms with Crippen LogP contribution in [0.5, 0.6) is 0 Å². The number of nitrogens with one attached hydrogen (secondary N) is 2. The number of benzene rings is 1. The van der Waals surface area contributed by atoms with Crippen molar-refractivity contribution in [1.82, 2.24) is 24.5 Å². The Kier molecular flexibility index (Phi) is 6.34. The van der Waals surface area contributed by atoms with Crippen LogP contribution in [0.2, 0.25) is 0 Å². The zero-order chi connectivity index (χ0) is 22.8. The summed E-state index contributed by atoms with van der Waals surface area (Å²) in [5, 5.41) is 6.26. The second kappa shape index (κ2) is 8.80. The van der Waals surface area contributed by atoms with Gasteiger partial charge in [-0.2, -0.15) is 13.5 Å². The number of amides is 2. The SMILES string of the molecule is CC(C)c1cc(F)cc(-c2cncnc2)c1NC(=O)NS(=O)(=O)c1ccn(C(C)C)n1. The highest BCUT2D eigenvalue weighted by molar-refractivity contribution is 7.90. The molecule has 0 bridgehead atoms. The molecule has 1 aromatic carbocycles. The van der Waals surface area contributed by atoms with Gasteiger partial charge in [0.2, 0.25) is 0 Å². The molecule has 164 valence electrons. The minimum absolute atomic E-state index is 0.0405. The predicted octanol–water partition coefficient (Wildman–Crippen LogP) is 3.69. The molecule has 31 heavy (non-hydrogen) atoms. The van der Waals surface area contributed by atoms with Gasteiger partial charge in [-0.05, 0) is 43.5 Å². The van der Waals surface area contributed by atoms with Crippen molar-refractivity contribution in [2.45, 2.75) is 44.7 Å². The molecule has 0 saturated heterocycles. The molecule has 2 heterocycles. The van der Waals surface area contributed by atoms with Crippen LogP contribution in [0.25, 0.3) is 11.1 Å². The first-order valence-electron chi connectivity index (χ1n) is 9.56. The molecule has 11 heteroatoms. The summed E-state index contributed by atoms with van der Waals surface area (Å²) in [6.45, 7) is 7.36. The van der Waals surface area contributed by atoms with Crippen LogP contribution < -0.4 is 10.0 Å². The van der Waals surface area contributed by atoms with E-state index in [2.05, 4.69) is 20.4 Å². The van der Waals surface area contributed by atoms with Gasteiger partial charge in [-0.25, -0.2) is 23.9 Å². The Morgan fingerprint density at radius 3 is 2.39 bits per heavy atom. The van der Waals surface area contributed by atoms with Crippen LogP contribution in [0.3, 0.4) is 0 Å². The molecule has 0 atom stereocenters. The van der Waals surface area contributed by atoms with Crippen molar-refractivity contribution in [1.29, 1.82) is 0 Å². The molecule has 0 unspecified atom stereocenters. The largest absolute Gasteiger partial charge is 0.333 e. The summed E-state index contributed by atoms with van der Waals surface area (Å²) in [4.78, 5) is 20.5. The summed E-state index contributed by atoms with van der Waals surface area (Å²) in [6.07, 6.45) is 5.80. The second-order valence-electron chi connectivity index (χ2n) is 7.49. The van der Waals surface area contributed by atoms with E-state index in [9.17, 15) is 17.6 Å². The molecule has 2 N–H and O–H groups in total. The lowest BCUT2D eigenvalue weighted by Crippen LogP contribution is -2.35. The number of rotatable bonds is 6. The lowest BCUT2D eigenvalue weighted by molar-refractivity contribution is 0.256. The van der Waals surface area contributed by atoms with Crippen LogP contribution in [-0.4, -0.2) is 34.2 Å². The highest BCUT2D eigenvalue weighted by atomic mass is 32.2. The zero-order valence-electron chi connectivity index (χ0n) is 17.5. The summed E-state index contributed by atoms with van der Waals surface area (Å²) in [6, 6.07) is 2.80. The van der Waals surface area contributed by atoms with Crippen molar-refractivity contribution in [2.24, 2.45) is 0 Å². The second-order valence-corrected chi connectivity index (χ2v) is 9.12. The number of carbonyl (C=O) groups excluding carboxylic acids is 1. The third-order valence-electron chi connectivity index (χ3n) is 4.48. The van der Waals surface area contributed by atoms with Gasteiger partial charge in [-0.3, -0.25) is 4.68 Å². The number of urea groups is 1. The summed E-state index contributed by atoms with van der Waals surface area (Å²) >= 11 is 0. The molecule has 0 spiro atoms. The van der Waals surface area contributed by atoms with E-state index in [-0.39, 0.29) is 22.7 Å². The van der Waals surface area contributed by atoms with E-state index < -0.39 is 21.9 Å². The van der Waals surface area contributed by atoms with Crippen LogP contribution in [-0.2, 0) is 10.0 Å². The van der Waals surface area contributed by atoms with Gasteiger partial charge >= 0.3 is 6.03 Å². The first-order chi connectivity index (χ1) is 14.6. The fourth-order valence-electron chi connectivity index (χ4n) is 2.95. The summed E-state index contributed by atoms with van der Waals surface area (Å²) in [5.74, 6) is -0.659. The van der Waals surface area contributed by atoms with Crippen molar-refractivity contribution in [3.63, 3.8) is 0 Å². The van der Waals surface area contributed by atoms with Gasteiger partial charge in [-0.15, -0.1) is 0 Å². The predicted molar refractivity (Wildman–Crippen MR) is 113 cm³/mol. The third-order valence-corrected chi connectivity index (χ3v) is 5.70. The number of anilines is 1. The van der Waals surface area contributed by atoms with E-state index in [0.29, 0.717) is 16.7 Å².